The quantitative estimate of drug-likeness (QED) is 0.869. The summed E-state index contributed by atoms with van der Waals surface area (Å²) in [6.45, 7) is 1.11. The number of nitrogens with one attached hydrogen (secondary N) is 1. The number of aromatic nitrogens is 1. The average Bonchev–Trinajstić information content (AvgIpc) is 2.85. The van der Waals surface area contributed by atoms with Crippen molar-refractivity contribution in [3.8, 4) is 6.19 Å². The lowest BCUT2D eigenvalue weighted by Crippen LogP contribution is -2.20. The fraction of sp³-hybridized carbons (Fsp3) is 0.462. The number of hydrogen-bond acceptors (Lipinski definition) is 4. The standard InChI is InChI=1S/C13H13F3N4O/c14-13(15,16)10-1-3-18-11(6-10)19-12(21)5-9-2-4-20(7-9)8-17/h1,3,6,9H,2,4-5,7H2,(H,18,19,21). The third-order valence-electron chi connectivity index (χ3n) is 3.26. The number of rotatable bonds is 3. The van der Waals surface area contributed by atoms with Gasteiger partial charge in [-0.05, 0) is 24.5 Å². The molecule has 1 aromatic rings. The Morgan fingerprint density at radius 3 is 2.95 bits per heavy atom. The van der Waals surface area contributed by atoms with Crippen molar-refractivity contribution < 1.29 is 18.0 Å². The van der Waals surface area contributed by atoms with Gasteiger partial charge in [0.1, 0.15) is 5.82 Å². The topological polar surface area (TPSA) is 69.0 Å². The Morgan fingerprint density at radius 1 is 1.57 bits per heavy atom. The summed E-state index contributed by atoms with van der Waals surface area (Å²) in [5.41, 5.74) is -0.857. The van der Waals surface area contributed by atoms with Crippen LogP contribution in [0.2, 0.25) is 0 Å². The lowest BCUT2D eigenvalue weighted by molar-refractivity contribution is -0.137. The third-order valence-corrected chi connectivity index (χ3v) is 3.26. The number of halogens is 3. The van der Waals surface area contributed by atoms with Crippen LogP contribution < -0.4 is 5.32 Å². The number of likely N-dealkylation sites (tertiary alicyclic amines) is 1. The number of nitriles is 1. The van der Waals surface area contributed by atoms with Crippen molar-refractivity contribution >= 4 is 11.7 Å². The van der Waals surface area contributed by atoms with Crippen molar-refractivity contribution in [2.75, 3.05) is 18.4 Å². The molecule has 0 aromatic carbocycles. The summed E-state index contributed by atoms with van der Waals surface area (Å²) in [4.78, 5) is 17.1. The Kier molecular flexibility index (Phi) is 4.31. The van der Waals surface area contributed by atoms with E-state index in [0.717, 1.165) is 24.8 Å². The number of hydrogen-bond donors (Lipinski definition) is 1. The van der Waals surface area contributed by atoms with Crippen LogP contribution in [0, 0.1) is 17.4 Å². The van der Waals surface area contributed by atoms with Crippen LogP contribution in [-0.4, -0.2) is 28.9 Å². The van der Waals surface area contributed by atoms with E-state index in [1.807, 2.05) is 6.19 Å². The van der Waals surface area contributed by atoms with E-state index in [1.165, 1.54) is 0 Å². The fourth-order valence-corrected chi connectivity index (χ4v) is 2.22. The molecule has 2 rings (SSSR count). The maximum Gasteiger partial charge on any atom is 0.416 e. The largest absolute Gasteiger partial charge is 0.416 e. The van der Waals surface area contributed by atoms with Crippen LogP contribution >= 0.6 is 0 Å². The second kappa shape index (κ2) is 5.99. The molecule has 1 aliphatic heterocycles. The molecule has 0 spiro atoms. The summed E-state index contributed by atoms with van der Waals surface area (Å²) >= 11 is 0. The smallest absolute Gasteiger partial charge is 0.311 e. The molecule has 0 bridgehead atoms. The number of pyridine rings is 1. The van der Waals surface area contributed by atoms with E-state index in [2.05, 4.69) is 10.3 Å². The lowest BCUT2D eigenvalue weighted by atomic mass is 10.0. The molecular formula is C13H13F3N4O. The highest BCUT2D eigenvalue weighted by atomic mass is 19.4. The molecule has 0 saturated carbocycles. The predicted molar refractivity (Wildman–Crippen MR) is 67.8 cm³/mol. The van der Waals surface area contributed by atoms with Crippen molar-refractivity contribution in [2.45, 2.75) is 19.0 Å². The van der Waals surface area contributed by atoms with Crippen molar-refractivity contribution in [3.63, 3.8) is 0 Å². The van der Waals surface area contributed by atoms with Crippen LogP contribution in [0.15, 0.2) is 18.3 Å². The maximum absolute atomic E-state index is 12.5. The monoisotopic (exact) mass is 298 g/mol. The van der Waals surface area contributed by atoms with Gasteiger partial charge in [0.05, 0.1) is 5.56 Å². The van der Waals surface area contributed by atoms with Crippen molar-refractivity contribution in [1.82, 2.24) is 9.88 Å². The molecule has 112 valence electrons. The highest BCUT2D eigenvalue weighted by molar-refractivity contribution is 5.90. The fourth-order valence-electron chi connectivity index (χ4n) is 2.22. The Bertz CT molecular complexity index is 567. The number of amides is 1. The first-order chi connectivity index (χ1) is 9.88. The van der Waals surface area contributed by atoms with Gasteiger partial charge in [-0.1, -0.05) is 0 Å². The molecule has 1 N–H and O–H groups in total. The molecule has 2 heterocycles. The molecule has 1 fully saturated rings. The van der Waals surface area contributed by atoms with E-state index >= 15 is 0 Å². The van der Waals surface area contributed by atoms with E-state index in [0.29, 0.717) is 13.1 Å². The van der Waals surface area contributed by atoms with Crippen molar-refractivity contribution in [2.24, 2.45) is 5.92 Å². The number of alkyl halides is 3. The zero-order chi connectivity index (χ0) is 15.5. The van der Waals surface area contributed by atoms with Gasteiger partial charge in [0.15, 0.2) is 6.19 Å². The minimum atomic E-state index is -4.47. The molecule has 1 aliphatic rings. The van der Waals surface area contributed by atoms with Crippen LogP contribution in [0.1, 0.15) is 18.4 Å². The highest BCUT2D eigenvalue weighted by Gasteiger charge is 2.31. The van der Waals surface area contributed by atoms with Gasteiger partial charge < -0.3 is 10.2 Å². The summed E-state index contributed by atoms with van der Waals surface area (Å²) in [5, 5.41) is 11.1. The van der Waals surface area contributed by atoms with Gasteiger partial charge >= 0.3 is 6.18 Å². The van der Waals surface area contributed by atoms with Gasteiger partial charge in [0.25, 0.3) is 0 Å². The SMILES string of the molecule is N#CN1CCC(CC(=O)Nc2cc(C(F)(F)F)ccn2)C1. The summed E-state index contributed by atoms with van der Waals surface area (Å²) in [6.07, 6.45) is -0.578. The molecule has 1 unspecified atom stereocenters. The van der Waals surface area contributed by atoms with Crippen LogP contribution in [0.4, 0.5) is 19.0 Å². The molecule has 1 aromatic heterocycles. The summed E-state index contributed by atoms with van der Waals surface area (Å²) in [7, 11) is 0. The minimum Gasteiger partial charge on any atom is -0.311 e. The maximum atomic E-state index is 12.5. The zero-order valence-corrected chi connectivity index (χ0v) is 11.0. The summed E-state index contributed by atoms with van der Waals surface area (Å²) in [5.74, 6) is -0.480. The molecular weight excluding hydrogens is 285 g/mol. The first-order valence-electron chi connectivity index (χ1n) is 6.36. The van der Waals surface area contributed by atoms with E-state index in [1.54, 1.807) is 4.90 Å². The van der Waals surface area contributed by atoms with E-state index < -0.39 is 17.6 Å². The number of anilines is 1. The van der Waals surface area contributed by atoms with Gasteiger partial charge in [0.2, 0.25) is 5.91 Å². The van der Waals surface area contributed by atoms with Crippen molar-refractivity contribution in [1.29, 1.82) is 5.26 Å². The van der Waals surface area contributed by atoms with Crippen LogP contribution in [0.25, 0.3) is 0 Å². The Balaban J connectivity index is 1.93. The molecule has 8 heteroatoms. The summed E-state index contributed by atoms with van der Waals surface area (Å²) < 4.78 is 37.6. The second-order valence-corrected chi connectivity index (χ2v) is 4.88. The molecule has 21 heavy (non-hydrogen) atoms. The molecule has 0 aliphatic carbocycles. The minimum absolute atomic E-state index is 0.0375. The first kappa shape index (κ1) is 15.1. The van der Waals surface area contributed by atoms with Gasteiger partial charge in [-0.3, -0.25) is 4.79 Å². The molecule has 1 amide bonds. The average molecular weight is 298 g/mol. The van der Waals surface area contributed by atoms with Gasteiger partial charge in [-0.15, -0.1) is 0 Å². The van der Waals surface area contributed by atoms with Gasteiger partial charge in [-0.25, -0.2) is 4.98 Å². The molecule has 1 atom stereocenters. The van der Waals surface area contributed by atoms with Crippen LogP contribution in [-0.2, 0) is 11.0 Å². The first-order valence-corrected chi connectivity index (χ1v) is 6.36. The van der Waals surface area contributed by atoms with Crippen LogP contribution in [0.5, 0.6) is 0 Å². The van der Waals surface area contributed by atoms with Gasteiger partial charge in [0, 0.05) is 25.7 Å². The van der Waals surface area contributed by atoms with E-state index in [4.69, 9.17) is 5.26 Å². The van der Waals surface area contributed by atoms with Crippen LogP contribution in [0.3, 0.4) is 0 Å². The zero-order valence-electron chi connectivity index (χ0n) is 11.0. The Labute approximate surface area is 119 Å². The number of nitrogens with zero attached hydrogens (tertiary/aromatic N) is 3. The van der Waals surface area contributed by atoms with E-state index in [-0.39, 0.29) is 18.2 Å². The second-order valence-electron chi connectivity index (χ2n) is 4.88. The number of carbonyl (C=O) groups excluding carboxylic acids is 1. The Morgan fingerprint density at radius 2 is 2.33 bits per heavy atom. The molecule has 1 saturated heterocycles. The highest BCUT2D eigenvalue weighted by Crippen LogP contribution is 2.30. The lowest BCUT2D eigenvalue weighted by Gasteiger charge is -2.11. The predicted octanol–water partition coefficient (Wildman–Crippen LogP) is 2.23. The van der Waals surface area contributed by atoms with Gasteiger partial charge in [-0.2, -0.15) is 18.4 Å². The number of carbonyl (C=O) groups is 1. The third kappa shape index (κ3) is 4.08. The molecule has 5 nitrogen and oxygen atoms in total. The van der Waals surface area contributed by atoms with E-state index in [9.17, 15) is 18.0 Å². The Hall–Kier alpha value is -2.30. The van der Waals surface area contributed by atoms with Crippen molar-refractivity contribution in [3.05, 3.63) is 23.9 Å². The summed E-state index contributed by atoms with van der Waals surface area (Å²) in [6, 6.07) is 1.64. The normalized spacial score (nSPS) is 18.4. The molecule has 0 radical (unpaired) electrons.